The maximum absolute atomic E-state index is 12.0. The van der Waals surface area contributed by atoms with Crippen LogP contribution in [0.25, 0.3) is 0 Å². The van der Waals surface area contributed by atoms with Crippen molar-refractivity contribution in [3.63, 3.8) is 0 Å². The van der Waals surface area contributed by atoms with Gasteiger partial charge < -0.3 is 15.8 Å². The van der Waals surface area contributed by atoms with Gasteiger partial charge in [-0.1, -0.05) is 11.6 Å². The Morgan fingerprint density at radius 3 is 3.00 bits per heavy atom. The average Bonchev–Trinajstić information content (AvgIpc) is 2.84. The molecule has 0 aliphatic carbocycles. The molecule has 0 spiro atoms. The molecule has 0 bridgehead atoms. The molecule has 1 amide bonds. The molecule has 106 valence electrons. The van der Waals surface area contributed by atoms with E-state index in [-0.39, 0.29) is 11.9 Å². The number of nitrogens with one attached hydrogen (secondary N) is 2. The van der Waals surface area contributed by atoms with E-state index in [1.165, 1.54) is 7.11 Å². The monoisotopic (exact) mass is 295 g/mol. The van der Waals surface area contributed by atoms with Crippen LogP contribution in [0.4, 0.5) is 5.95 Å². The third kappa shape index (κ3) is 3.39. The van der Waals surface area contributed by atoms with Crippen LogP contribution < -0.4 is 15.8 Å². The number of H-pyrrole nitrogens is 1. The number of methoxy groups -OCH3 is 1. The van der Waals surface area contributed by atoms with Crippen LogP contribution in [0.2, 0.25) is 5.02 Å². The number of hydrogen-bond donors (Lipinski definition) is 3. The molecule has 0 aliphatic rings. The van der Waals surface area contributed by atoms with Gasteiger partial charge in [-0.15, -0.1) is 5.10 Å². The number of nitrogens with zero attached hydrogens (tertiary/aromatic N) is 2. The molecule has 0 aliphatic heterocycles. The maximum atomic E-state index is 12.0. The lowest BCUT2D eigenvalue weighted by Crippen LogP contribution is -2.26. The van der Waals surface area contributed by atoms with E-state index in [0.29, 0.717) is 35.1 Å². The summed E-state index contributed by atoms with van der Waals surface area (Å²) >= 11 is 5.84. The summed E-state index contributed by atoms with van der Waals surface area (Å²) in [5.74, 6) is 0.987. The fraction of sp³-hybridized carbons (Fsp3) is 0.250. The Labute approximate surface area is 120 Å². The molecule has 4 N–H and O–H groups in total. The predicted octanol–water partition coefficient (Wildman–Crippen LogP) is 1.02. The van der Waals surface area contributed by atoms with Gasteiger partial charge in [-0.3, -0.25) is 9.89 Å². The molecular formula is C12H14ClN5O2. The first kappa shape index (κ1) is 14.1. The number of hydrogen-bond acceptors (Lipinski definition) is 5. The van der Waals surface area contributed by atoms with Crippen LogP contribution in [0, 0.1) is 0 Å². The highest BCUT2D eigenvalue weighted by Crippen LogP contribution is 2.22. The summed E-state index contributed by atoms with van der Waals surface area (Å²) in [6.07, 6.45) is 0.506. The van der Waals surface area contributed by atoms with Gasteiger partial charge >= 0.3 is 0 Å². The molecule has 0 atom stereocenters. The number of amides is 1. The predicted molar refractivity (Wildman–Crippen MR) is 74.8 cm³/mol. The van der Waals surface area contributed by atoms with Gasteiger partial charge in [-0.25, -0.2) is 0 Å². The number of anilines is 1. The van der Waals surface area contributed by atoms with Gasteiger partial charge in [0.25, 0.3) is 5.91 Å². The standard InChI is InChI=1S/C12H14ClN5O2/c1-20-9-6-7(13)2-3-8(9)11(19)15-5-4-10-16-12(14)18-17-10/h2-3,6H,4-5H2,1H3,(H,15,19)(H3,14,16,17,18). The highest BCUT2D eigenvalue weighted by molar-refractivity contribution is 6.30. The van der Waals surface area contributed by atoms with Gasteiger partial charge in [0, 0.05) is 18.0 Å². The fourth-order valence-electron chi connectivity index (χ4n) is 1.66. The van der Waals surface area contributed by atoms with Crippen LogP contribution in [0.1, 0.15) is 16.2 Å². The molecule has 7 nitrogen and oxygen atoms in total. The number of aromatic amines is 1. The number of rotatable bonds is 5. The topological polar surface area (TPSA) is 106 Å². The van der Waals surface area contributed by atoms with E-state index in [1.54, 1.807) is 18.2 Å². The van der Waals surface area contributed by atoms with Crippen molar-refractivity contribution in [1.29, 1.82) is 0 Å². The lowest BCUT2D eigenvalue weighted by Gasteiger charge is -2.09. The third-order valence-corrected chi connectivity index (χ3v) is 2.84. The second-order valence-corrected chi connectivity index (χ2v) is 4.43. The van der Waals surface area contributed by atoms with Crippen LogP contribution in [-0.2, 0) is 6.42 Å². The Bertz CT molecular complexity index is 614. The molecule has 1 aromatic carbocycles. The summed E-state index contributed by atoms with van der Waals surface area (Å²) in [4.78, 5) is 16.0. The van der Waals surface area contributed by atoms with Crippen LogP contribution in [0.15, 0.2) is 18.2 Å². The number of carbonyl (C=O) groups excluding carboxylic acids is 1. The summed E-state index contributed by atoms with van der Waals surface area (Å²) in [5, 5.41) is 9.64. The number of benzene rings is 1. The highest BCUT2D eigenvalue weighted by atomic mass is 35.5. The van der Waals surface area contributed by atoms with Crippen LogP contribution in [0.5, 0.6) is 5.75 Å². The summed E-state index contributed by atoms with van der Waals surface area (Å²) in [6.45, 7) is 0.402. The Balaban J connectivity index is 1.95. The number of nitrogen functional groups attached to an aromatic ring is 1. The fourth-order valence-corrected chi connectivity index (χ4v) is 1.83. The van der Waals surface area contributed by atoms with Crippen molar-refractivity contribution in [2.75, 3.05) is 19.4 Å². The van der Waals surface area contributed by atoms with Crippen molar-refractivity contribution in [2.24, 2.45) is 0 Å². The van der Waals surface area contributed by atoms with E-state index in [2.05, 4.69) is 20.5 Å². The van der Waals surface area contributed by atoms with Crippen LogP contribution in [-0.4, -0.2) is 34.7 Å². The molecule has 1 aromatic heterocycles. The van der Waals surface area contributed by atoms with E-state index in [4.69, 9.17) is 22.1 Å². The molecular weight excluding hydrogens is 282 g/mol. The minimum absolute atomic E-state index is 0.186. The van der Waals surface area contributed by atoms with Crippen LogP contribution in [0.3, 0.4) is 0 Å². The SMILES string of the molecule is COc1cc(Cl)ccc1C(=O)NCCc1nc(N)n[nH]1. The van der Waals surface area contributed by atoms with Gasteiger partial charge in [0.1, 0.15) is 11.6 Å². The second-order valence-electron chi connectivity index (χ2n) is 3.99. The number of halogens is 1. The third-order valence-electron chi connectivity index (χ3n) is 2.60. The van der Waals surface area contributed by atoms with Crippen molar-refractivity contribution < 1.29 is 9.53 Å². The van der Waals surface area contributed by atoms with Crippen molar-refractivity contribution >= 4 is 23.5 Å². The molecule has 0 fully saturated rings. The first-order valence-corrected chi connectivity index (χ1v) is 6.26. The molecule has 0 unspecified atom stereocenters. The Hall–Kier alpha value is -2.28. The molecule has 8 heteroatoms. The molecule has 20 heavy (non-hydrogen) atoms. The van der Waals surface area contributed by atoms with E-state index in [1.807, 2.05) is 0 Å². The largest absolute Gasteiger partial charge is 0.496 e. The van der Waals surface area contributed by atoms with E-state index < -0.39 is 0 Å². The Morgan fingerprint density at radius 2 is 2.35 bits per heavy atom. The summed E-state index contributed by atoms with van der Waals surface area (Å²) in [5.41, 5.74) is 5.81. The zero-order valence-electron chi connectivity index (χ0n) is 10.8. The Morgan fingerprint density at radius 1 is 1.55 bits per heavy atom. The number of nitrogens with two attached hydrogens (primary N) is 1. The first-order chi connectivity index (χ1) is 9.60. The van der Waals surface area contributed by atoms with E-state index >= 15 is 0 Å². The van der Waals surface area contributed by atoms with Gasteiger partial charge in [0.2, 0.25) is 5.95 Å². The quantitative estimate of drug-likeness (QED) is 0.763. The zero-order chi connectivity index (χ0) is 14.5. The van der Waals surface area contributed by atoms with Crippen molar-refractivity contribution in [3.05, 3.63) is 34.6 Å². The molecule has 2 rings (SSSR count). The lowest BCUT2D eigenvalue weighted by molar-refractivity contribution is 0.0951. The smallest absolute Gasteiger partial charge is 0.255 e. The summed E-state index contributed by atoms with van der Waals surface area (Å²) in [6, 6.07) is 4.84. The summed E-state index contributed by atoms with van der Waals surface area (Å²) in [7, 11) is 1.49. The minimum Gasteiger partial charge on any atom is -0.496 e. The lowest BCUT2D eigenvalue weighted by atomic mass is 10.2. The maximum Gasteiger partial charge on any atom is 0.255 e. The normalized spacial score (nSPS) is 10.3. The zero-order valence-corrected chi connectivity index (χ0v) is 11.6. The van der Waals surface area contributed by atoms with Crippen LogP contribution >= 0.6 is 11.6 Å². The van der Waals surface area contributed by atoms with Crippen molar-refractivity contribution in [3.8, 4) is 5.75 Å². The average molecular weight is 296 g/mol. The Kier molecular flexibility index (Phi) is 4.41. The number of ether oxygens (including phenoxy) is 1. The van der Waals surface area contributed by atoms with Gasteiger partial charge in [0.05, 0.1) is 12.7 Å². The molecule has 0 saturated heterocycles. The molecule has 0 radical (unpaired) electrons. The van der Waals surface area contributed by atoms with Crippen molar-refractivity contribution in [2.45, 2.75) is 6.42 Å². The number of carbonyl (C=O) groups is 1. The van der Waals surface area contributed by atoms with Gasteiger partial charge in [-0.05, 0) is 18.2 Å². The van der Waals surface area contributed by atoms with E-state index in [9.17, 15) is 4.79 Å². The van der Waals surface area contributed by atoms with Crippen molar-refractivity contribution in [1.82, 2.24) is 20.5 Å². The van der Waals surface area contributed by atoms with Gasteiger partial charge in [-0.2, -0.15) is 4.98 Å². The highest BCUT2D eigenvalue weighted by Gasteiger charge is 2.12. The second kappa shape index (κ2) is 6.25. The molecule has 1 heterocycles. The molecule has 0 saturated carbocycles. The summed E-state index contributed by atoms with van der Waals surface area (Å²) < 4.78 is 5.12. The molecule has 2 aromatic rings. The first-order valence-electron chi connectivity index (χ1n) is 5.88. The minimum atomic E-state index is -0.244. The van der Waals surface area contributed by atoms with E-state index in [0.717, 1.165) is 0 Å². The number of aromatic nitrogens is 3. The van der Waals surface area contributed by atoms with Gasteiger partial charge in [0.15, 0.2) is 0 Å².